The Balaban J connectivity index is 2.55. The van der Waals surface area contributed by atoms with Gasteiger partial charge in [-0.05, 0) is 19.1 Å². The molecule has 114 valence electrons. The number of methoxy groups -OCH3 is 1. The SMILES string of the molecule is COCCNC(=O)C(C)NC(=O)c1ccc(C(=O)O)nc1. The third-order valence-electron chi connectivity index (χ3n) is 2.59. The second-order valence-corrected chi connectivity index (χ2v) is 4.22. The minimum atomic E-state index is -1.17. The Bertz CT molecular complexity index is 515. The lowest BCUT2D eigenvalue weighted by molar-refractivity contribution is -0.122. The first-order valence-corrected chi connectivity index (χ1v) is 6.22. The van der Waals surface area contributed by atoms with E-state index in [9.17, 15) is 14.4 Å². The first-order chi connectivity index (χ1) is 9.95. The van der Waals surface area contributed by atoms with Crippen molar-refractivity contribution in [2.45, 2.75) is 13.0 Å². The number of pyridine rings is 1. The Morgan fingerprint density at radius 3 is 2.62 bits per heavy atom. The van der Waals surface area contributed by atoms with Gasteiger partial charge in [-0.1, -0.05) is 0 Å². The molecule has 0 aliphatic heterocycles. The van der Waals surface area contributed by atoms with Crippen molar-refractivity contribution < 1.29 is 24.2 Å². The first kappa shape index (κ1) is 16.6. The fourth-order valence-electron chi connectivity index (χ4n) is 1.43. The van der Waals surface area contributed by atoms with Crippen molar-refractivity contribution in [3.63, 3.8) is 0 Å². The molecule has 0 fully saturated rings. The molecule has 0 aliphatic carbocycles. The molecule has 0 bridgehead atoms. The van der Waals surface area contributed by atoms with E-state index in [2.05, 4.69) is 15.6 Å². The van der Waals surface area contributed by atoms with Gasteiger partial charge in [0, 0.05) is 19.9 Å². The van der Waals surface area contributed by atoms with Crippen molar-refractivity contribution in [3.8, 4) is 0 Å². The lowest BCUT2D eigenvalue weighted by Crippen LogP contribution is -2.45. The number of nitrogens with one attached hydrogen (secondary N) is 2. The minimum absolute atomic E-state index is 0.156. The van der Waals surface area contributed by atoms with Crippen molar-refractivity contribution in [3.05, 3.63) is 29.6 Å². The molecule has 2 amide bonds. The van der Waals surface area contributed by atoms with Gasteiger partial charge in [0.15, 0.2) is 0 Å². The van der Waals surface area contributed by atoms with Gasteiger partial charge in [-0.15, -0.1) is 0 Å². The average Bonchev–Trinajstić information content (AvgIpc) is 2.47. The van der Waals surface area contributed by atoms with Crippen LogP contribution >= 0.6 is 0 Å². The summed E-state index contributed by atoms with van der Waals surface area (Å²) < 4.78 is 4.79. The summed E-state index contributed by atoms with van der Waals surface area (Å²) in [4.78, 5) is 37.8. The predicted molar refractivity (Wildman–Crippen MR) is 73.0 cm³/mol. The minimum Gasteiger partial charge on any atom is -0.477 e. The van der Waals surface area contributed by atoms with E-state index >= 15 is 0 Å². The van der Waals surface area contributed by atoms with Crippen LogP contribution < -0.4 is 10.6 Å². The number of rotatable bonds is 7. The van der Waals surface area contributed by atoms with E-state index in [1.54, 1.807) is 6.92 Å². The predicted octanol–water partition coefficient (Wildman–Crippen LogP) is -0.339. The van der Waals surface area contributed by atoms with Gasteiger partial charge in [-0.25, -0.2) is 9.78 Å². The standard InChI is InChI=1S/C13H17N3O5/c1-8(11(17)14-5-6-21-2)16-12(18)9-3-4-10(13(19)20)15-7-9/h3-4,7-8H,5-6H2,1-2H3,(H,14,17)(H,16,18)(H,19,20). The monoisotopic (exact) mass is 295 g/mol. The van der Waals surface area contributed by atoms with Crippen LogP contribution in [0.4, 0.5) is 0 Å². The maximum atomic E-state index is 11.9. The quantitative estimate of drug-likeness (QED) is 0.592. The number of carboxylic acids is 1. The van der Waals surface area contributed by atoms with Crippen molar-refractivity contribution in [1.29, 1.82) is 0 Å². The van der Waals surface area contributed by atoms with Crippen LogP contribution in [0.25, 0.3) is 0 Å². The van der Waals surface area contributed by atoms with Gasteiger partial charge in [0.05, 0.1) is 12.2 Å². The largest absolute Gasteiger partial charge is 0.477 e. The highest BCUT2D eigenvalue weighted by Crippen LogP contribution is 2.01. The molecule has 1 aromatic heterocycles. The van der Waals surface area contributed by atoms with Gasteiger partial charge in [0.25, 0.3) is 5.91 Å². The molecular weight excluding hydrogens is 278 g/mol. The van der Waals surface area contributed by atoms with E-state index in [0.29, 0.717) is 13.2 Å². The molecule has 0 spiro atoms. The number of carbonyl (C=O) groups is 3. The Morgan fingerprint density at radius 2 is 2.10 bits per heavy atom. The van der Waals surface area contributed by atoms with Crippen LogP contribution in [0, 0.1) is 0 Å². The highest BCUT2D eigenvalue weighted by molar-refractivity contribution is 5.97. The highest BCUT2D eigenvalue weighted by atomic mass is 16.5. The molecule has 21 heavy (non-hydrogen) atoms. The third kappa shape index (κ3) is 5.19. The van der Waals surface area contributed by atoms with E-state index in [1.807, 2.05) is 0 Å². The van der Waals surface area contributed by atoms with E-state index < -0.39 is 17.9 Å². The van der Waals surface area contributed by atoms with E-state index in [0.717, 1.165) is 6.20 Å². The van der Waals surface area contributed by atoms with Crippen LogP contribution in [-0.2, 0) is 9.53 Å². The molecule has 1 heterocycles. The van der Waals surface area contributed by atoms with Crippen LogP contribution in [0.1, 0.15) is 27.8 Å². The van der Waals surface area contributed by atoms with Crippen LogP contribution in [0.5, 0.6) is 0 Å². The second kappa shape index (κ2) is 7.95. The number of hydrogen-bond acceptors (Lipinski definition) is 5. The third-order valence-corrected chi connectivity index (χ3v) is 2.59. The molecule has 0 saturated carbocycles. The molecule has 1 aromatic rings. The Kier molecular flexibility index (Phi) is 6.28. The molecule has 1 rings (SSSR count). The van der Waals surface area contributed by atoms with E-state index in [-0.39, 0.29) is 17.2 Å². The van der Waals surface area contributed by atoms with Crippen LogP contribution in [0.3, 0.4) is 0 Å². The van der Waals surface area contributed by atoms with Crippen molar-refractivity contribution >= 4 is 17.8 Å². The summed E-state index contributed by atoms with van der Waals surface area (Å²) in [5.41, 5.74) is 0.0217. The van der Waals surface area contributed by atoms with Gasteiger partial charge in [0.2, 0.25) is 5.91 Å². The zero-order valence-corrected chi connectivity index (χ0v) is 11.8. The molecule has 8 nitrogen and oxygen atoms in total. The molecule has 0 aromatic carbocycles. The number of carboxylic acid groups (broad SMARTS) is 1. The molecule has 0 radical (unpaired) electrons. The van der Waals surface area contributed by atoms with Gasteiger partial charge in [-0.3, -0.25) is 9.59 Å². The Labute approximate surface area is 121 Å². The molecule has 0 saturated heterocycles. The summed E-state index contributed by atoms with van der Waals surface area (Å²) >= 11 is 0. The molecule has 1 atom stereocenters. The molecule has 3 N–H and O–H groups in total. The summed E-state index contributed by atoms with van der Waals surface area (Å²) in [6.07, 6.45) is 1.15. The van der Waals surface area contributed by atoms with Crippen molar-refractivity contribution in [2.24, 2.45) is 0 Å². The van der Waals surface area contributed by atoms with Crippen molar-refractivity contribution in [1.82, 2.24) is 15.6 Å². The summed E-state index contributed by atoms with van der Waals surface area (Å²) in [6.45, 7) is 2.27. The average molecular weight is 295 g/mol. The Morgan fingerprint density at radius 1 is 1.38 bits per heavy atom. The van der Waals surface area contributed by atoms with Gasteiger partial charge in [-0.2, -0.15) is 0 Å². The van der Waals surface area contributed by atoms with Crippen LogP contribution in [0.2, 0.25) is 0 Å². The van der Waals surface area contributed by atoms with Gasteiger partial charge < -0.3 is 20.5 Å². The number of amides is 2. The van der Waals surface area contributed by atoms with Gasteiger partial charge in [0.1, 0.15) is 11.7 Å². The molecular formula is C13H17N3O5. The summed E-state index contributed by atoms with van der Waals surface area (Å²) in [6, 6.07) is 1.83. The number of ether oxygens (including phenoxy) is 1. The second-order valence-electron chi connectivity index (χ2n) is 4.22. The smallest absolute Gasteiger partial charge is 0.354 e. The lowest BCUT2D eigenvalue weighted by atomic mass is 10.2. The fraction of sp³-hybridized carbons (Fsp3) is 0.385. The lowest BCUT2D eigenvalue weighted by Gasteiger charge is -2.13. The van der Waals surface area contributed by atoms with E-state index in [1.165, 1.54) is 19.2 Å². The Hall–Kier alpha value is -2.48. The molecule has 1 unspecified atom stereocenters. The zero-order valence-electron chi connectivity index (χ0n) is 11.8. The van der Waals surface area contributed by atoms with Crippen LogP contribution in [-0.4, -0.2) is 54.2 Å². The fourth-order valence-corrected chi connectivity index (χ4v) is 1.43. The maximum Gasteiger partial charge on any atom is 0.354 e. The highest BCUT2D eigenvalue weighted by Gasteiger charge is 2.16. The normalized spacial score (nSPS) is 11.5. The molecule has 8 heteroatoms. The summed E-state index contributed by atoms with van der Waals surface area (Å²) in [5.74, 6) is -2.02. The van der Waals surface area contributed by atoms with Crippen molar-refractivity contribution in [2.75, 3.05) is 20.3 Å². The maximum absolute atomic E-state index is 11.9. The van der Waals surface area contributed by atoms with E-state index in [4.69, 9.17) is 9.84 Å². The summed E-state index contributed by atoms with van der Waals surface area (Å²) in [5, 5.41) is 13.8. The number of hydrogen-bond donors (Lipinski definition) is 3. The number of nitrogens with zero attached hydrogens (tertiary/aromatic N) is 1. The van der Waals surface area contributed by atoms with Gasteiger partial charge >= 0.3 is 5.97 Å². The molecule has 0 aliphatic rings. The topological polar surface area (TPSA) is 118 Å². The number of aromatic carboxylic acids is 1. The first-order valence-electron chi connectivity index (χ1n) is 6.22. The summed E-state index contributed by atoms with van der Waals surface area (Å²) in [7, 11) is 1.52. The number of aromatic nitrogens is 1. The zero-order chi connectivity index (χ0) is 15.8. The number of carbonyl (C=O) groups excluding carboxylic acids is 2. The van der Waals surface area contributed by atoms with Crippen LogP contribution in [0.15, 0.2) is 18.3 Å².